The molecule has 6 heteroatoms. The van der Waals surface area contributed by atoms with E-state index in [1.807, 2.05) is 0 Å². The van der Waals surface area contributed by atoms with Gasteiger partial charge in [-0.25, -0.2) is 12.8 Å². The fourth-order valence-corrected chi connectivity index (χ4v) is 1.52. The highest BCUT2D eigenvalue weighted by molar-refractivity contribution is 7.90. The summed E-state index contributed by atoms with van der Waals surface area (Å²) in [5.74, 6) is 4.21. The third-order valence-electron chi connectivity index (χ3n) is 1.95. The molecule has 0 bridgehead atoms. The van der Waals surface area contributed by atoms with Crippen molar-refractivity contribution in [1.82, 2.24) is 0 Å². The number of hydrogen-bond donors (Lipinski definition) is 1. The van der Waals surface area contributed by atoms with Crippen LogP contribution in [0.25, 0.3) is 0 Å². The molecule has 0 spiro atoms. The fourth-order valence-electron chi connectivity index (χ4n) is 1.14. The van der Waals surface area contributed by atoms with Crippen molar-refractivity contribution in [1.29, 1.82) is 0 Å². The lowest BCUT2D eigenvalue weighted by molar-refractivity contribution is 0.322. The largest absolute Gasteiger partial charge is 0.489 e. The maximum absolute atomic E-state index is 13.3. The molecule has 0 saturated carbocycles. The van der Waals surface area contributed by atoms with Gasteiger partial charge in [0, 0.05) is 11.8 Å². The summed E-state index contributed by atoms with van der Waals surface area (Å²) in [6.07, 6.45) is 1.08. The van der Waals surface area contributed by atoms with Crippen LogP contribution in [0.3, 0.4) is 0 Å². The van der Waals surface area contributed by atoms with Gasteiger partial charge in [0.15, 0.2) is 21.4 Å². The maximum atomic E-state index is 13.3. The van der Waals surface area contributed by atoms with Gasteiger partial charge in [-0.2, -0.15) is 0 Å². The summed E-state index contributed by atoms with van der Waals surface area (Å²) < 4.78 is 40.2. The van der Waals surface area contributed by atoms with Crippen LogP contribution in [0.2, 0.25) is 0 Å². The van der Waals surface area contributed by atoms with E-state index in [9.17, 15) is 12.8 Å². The summed E-state index contributed by atoms with van der Waals surface area (Å²) in [5, 5.41) is 8.54. The highest BCUT2D eigenvalue weighted by Gasteiger charge is 2.07. The third-order valence-corrected chi connectivity index (χ3v) is 2.86. The molecule has 0 saturated heterocycles. The van der Waals surface area contributed by atoms with Gasteiger partial charge in [0.25, 0.3) is 0 Å². The lowest BCUT2D eigenvalue weighted by Crippen LogP contribution is -2.12. The Kier molecular flexibility index (Phi) is 5.13. The zero-order valence-electron chi connectivity index (χ0n) is 9.81. The van der Waals surface area contributed by atoms with Crippen LogP contribution < -0.4 is 4.74 Å². The second-order valence-electron chi connectivity index (χ2n) is 3.58. The van der Waals surface area contributed by atoms with Crippen LogP contribution in [0.4, 0.5) is 4.39 Å². The monoisotopic (exact) mass is 272 g/mol. The Morgan fingerprint density at radius 3 is 2.78 bits per heavy atom. The van der Waals surface area contributed by atoms with Crippen LogP contribution >= 0.6 is 0 Å². The Labute approximate surface area is 105 Å². The Bertz CT molecular complexity index is 569. The van der Waals surface area contributed by atoms with Crippen LogP contribution in [0.15, 0.2) is 18.2 Å². The number of benzene rings is 1. The van der Waals surface area contributed by atoms with Crippen LogP contribution in [0.5, 0.6) is 5.75 Å². The summed E-state index contributed by atoms with van der Waals surface area (Å²) in [4.78, 5) is 0. The van der Waals surface area contributed by atoms with Crippen molar-refractivity contribution < 1.29 is 22.7 Å². The van der Waals surface area contributed by atoms with E-state index in [0.717, 1.165) is 6.26 Å². The number of aliphatic hydroxyl groups is 1. The number of ether oxygens (including phenoxy) is 1. The van der Waals surface area contributed by atoms with Crippen molar-refractivity contribution in [3.63, 3.8) is 0 Å². The lowest BCUT2D eigenvalue weighted by Gasteiger charge is -2.06. The van der Waals surface area contributed by atoms with Gasteiger partial charge >= 0.3 is 0 Å². The molecule has 0 unspecified atom stereocenters. The Balaban J connectivity index is 2.75. The van der Waals surface area contributed by atoms with E-state index in [-0.39, 0.29) is 24.7 Å². The van der Waals surface area contributed by atoms with E-state index in [1.54, 1.807) is 0 Å². The van der Waals surface area contributed by atoms with Gasteiger partial charge < -0.3 is 9.84 Å². The molecule has 1 aromatic carbocycles. The highest BCUT2D eigenvalue weighted by atomic mass is 32.2. The average molecular weight is 272 g/mol. The van der Waals surface area contributed by atoms with Crippen molar-refractivity contribution in [3.8, 4) is 17.6 Å². The van der Waals surface area contributed by atoms with Gasteiger partial charge in [-0.3, -0.25) is 0 Å². The van der Waals surface area contributed by atoms with Crippen molar-refractivity contribution >= 4 is 9.84 Å². The molecule has 0 heterocycles. The van der Waals surface area contributed by atoms with E-state index in [2.05, 4.69) is 11.8 Å². The predicted octanol–water partition coefficient (Wildman–Crippen LogP) is 0.593. The smallest absolute Gasteiger partial charge is 0.165 e. The van der Waals surface area contributed by atoms with E-state index in [4.69, 9.17) is 9.84 Å². The highest BCUT2D eigenvalue weighted by Crippen LogP contribution is 2.18. The van der Waals surface area contributed by atoms with E-state index in [1.165, 1.54) is 18.2 Å². The molecule has 0 amide bonds. The molecule has 0 aliphatic carbocycles. The summed E-state index contributed by atoms with van der Waals surface area (Å²) in [6, 6.07) is 3.98. The van der Waals surface area contributed by atoms with Gasteiger partial charge in [0.2, 0.25) is 0 Å². The first kappa shape index (κ1) is 14.5. The minimum absolute atomic E-state index is 0.0524. The van der Waals surface area contributed by atoms with Gasteiger partial charge in [-0.15, -0.1) is 0 Å². The summed E-state index contributed by atoms with van der Waals surface area (Å²) in [6.45, 7) is -0.408. The molecule has 1 aromatic rings. The predicted molar refractivity (Wildman–Crippen MR) is 65.6 cm³/mol. The van der Waals surface area contributed by atoms with Gasteiger partial charge in [-0.1, -0.05) is 11.8 Å². The van der Waals surface area contributed by atoms with Crippen LogP contribution in [0, 0.1) is 17.7 Å². The molecular formula is C12H13FO4S. The number of hydrogen-bond acceptors (Lipinski definition) is 4. The van der Waals surface area contributed by atoms with E-state index >= 15 is 0 Å². The van der Waals surface area contributed by atoms with E-state index < -0.39 is 15.7 Å². The zero-order valence-corrected chi connectivity index (χ0v) is 10.6. The maximum Gasteiger partial charge on any atom is 0.165 e. The van der Waals surface area contributed by atoms with Gasteiger partial charge in [0.05, 0.1) is 5.75 Å². The van der Waals surface area contributed by atoms with Crippen molar-refractivity contribution in [2.75, 3.05) is 25.2 Å². The Hall–Kier alpha value is -1.58. The van der Waals surface area contributed by atoms with Gasteiger partial charge in [0.1, 0.15) is 13.2 Å². The zero-order chi connectivity index (χ0) is 13.6. The quantitative estimate of drug-likeness (QED) is 0.815. The van der Waals surface area contributed by atoms with Crippen molar-refractivity contribution in [3.05, 3.63) is 29.6 Å². The molecule has 0 aromatic heterocycles. The van der Waals surface area contributed by atoms with Gasteiger partial charge in [-0.05, 0) is 18.2 Å². The Morgan fingerprint density at radius 2 is 2.17 bits per heavy atom. The van der Waals surface area contributed by atoms with Crippen LogP contribution in [-0.2, 0) is 9.84 Å². The summed E-state index contributed by atoms with van der Waals surface area (Å²) in [7, 11) is -3.14. The standard InChI is InChI=1S/C12H13FO4S/c1-18(15,16)8-7-17-12-9-10(3-2-6-14)4-5-11(12)13/h4-5,9,14H,6-8H2,1H3. The van der Waals surface area contributed by atoms with Crippen molar-refractivity contribution in [2.24, 2.45) is 0 Å². The molecule has 1 rings (SSSR count). The molecule has 18 heavy (non-hydrogen) atoms. The molecular weight excluding hydrogens is 259 g/mol. The van der Waals surface area contributed by atoms with Crippen LogP contribution in [0.1, 0.15) is 5.56 Å². The lowest BCUT2D eigenvalue weighted by atomic mass is 10.2. The summed E-state index contributed by atoms with van der Waals surface area (Å²) in [5.41, 5.74) is 0.486. The fraction of sp³-hybridized carbons (Fsp3) is 0.333. The molecule has 0 radical (unpaired) electrons. The molecule has 4 nitrogen and oxygen atoms in total. The first-order valence-corrected chi connectivity index (χ1v) is 7.18. The molecule has 0 fully saturated rings. The Morgan fingerprint density at radius 1 is 1.44 bits per heavy atom. The minimum atomic E-state index is -3.14. The number of rotatable bonds is 4. The number of sulfone groups is 1. The number of halogens is 1. The first-order chi connectivity index (χ1) is 8.42. The first-order valence-electron chi connectivity index (χ1n) is 5.12. The second-order valence-corrected chi connectivity index (χ2v) is 5.84. The molecule has 0 aliphatic rings. The topological polar surface area (TPSA) is 63.6 Å². The molecule has 0 atom stereocenters. The molecule has 1 N–H and O–H groups in total. The molecule has 0 aliphatic heterocycles. The number of aliphatic hydroxyl groups excluding tert-OH is 1. The minimum Gasteiger partial charge on any atom is -0.489 e. The van der Waals surface area contributed by atoms with E-state index in [0.29, 0.717) is 5.56 Å². The normalized spacial score (nSPS) is 10.6. The SMILES string of the molecule is CS(=O)(=O)CCOc1cc(C#CCO)ccc1F. The van der Waals surface area contributed by atoms with Crippen molar-refractivity contribution in [2.45, 2.75) is 0 Å². The second kappa shape index (κ2) is 6.38. The molecule has 98 valence electrons. The third kappa shape index (κ3) is 5.17. The average Bonchev–Trinajstić information content (AvgIpc) is 2.28. The van der Waals surface area contributed by atoms with Crippen LogP contribution in [-0.4, -0.2) is 38.7 Å². The summed E-state index contributed by atoms with van der Waals surface area (Å²) >= 11 is 0.